The van der Waals surface area contributed by atoms with Gasteiger partial charge in [0.05, 0.1) is 0 Å². The quantitative estimate of drug-likeness (QED) is 0.904. The minimum absolute atomic E-state index is 0.210. The maximum absolute atomic E-state index is 12.6. The topological polar surface area (TPSA) is 46.3 Å². The lowest BCUT2D eigenvalue weighted by Gasteiger charge is -2.49. The van der Waals surface area contributed by atoms with Crippen molar-refractivity contribution in [1.29, 1.82) is 0 Å². The number of carbonyl (C=O) groups excluding carboxylic acids is 1. The molecule has 2 N–H and O–H groups in total. The van der Waals surface area contributed by atoms with Crippen LogP contribution in [0.2, 0.25) is 0 Å². The molecule has 19 heavy (non-hydrogen) atoms. The first-order valence-corrected chi connectivity index (χ1v) is 7.35. The standard InChI is InChI=1S/C16H22N2O/c17-9-8-13-10-15-7-6-14(13)11-18(15)16(19)12-4-2-1-3-5-12/h1-5,13-15H,6-11,17H2. The Bertz CT molecular complexity index is 445. The second-order valence-electron chi connectivity index (χ2n) is 5.89. The van der Waals surface area contributed by atoms with Gasteiger partial charge in [0.15, 0.2) is 0 Å². The van der Waals surface area contributed by atoms with Crippen LogP contribution >= 0.6 is 0 Å². The Morgan fingerprint density at radius 3 is 2.68 bits per heavy atom. The van der Waals surface area contributed by atoms with Gasteiger partial charge in [0.25, 0.3) is 5.91 Å². The van der Waals surface area contributed by atoms with Gasteiger partial charge in [-0.25, -0.2) is 0 Å². The Hall–Kier alpha value is -1.35. The van der Waals surface area contributed by atoms with E-state index in [-0.39, 0.29) is 5.91 Å². The lowest BCUT2D eigenvalue weighted by atomic mass is 9.70. The van der Waals surface area contributed by atoms with Gasteiger partial charge in [-0.3, -0.25) is 4.79 Å². The second-order valence-corrected chi connectivity index (χ2v) is 5.89. The highest BCUT2D eigenvalue weighted by atomic mass is 16.2. The van der Waals surface area contributed by atoms with Crippen molar-refractivity contribution in [2.75, 3.05) is 13.1 Å². The minimum atomic E-state index is 0.210. The van der Waals surface area contributed by atoms with Crippen molar-refractivity contribution >= 4 is 5.91 Å². The first-order chi connectivity index (χ1) is 9.29. The average Bonchev–Trinajstić information content (AvgIpc) is 2.48. The van der Waals surface area contributed by atoms with E-state index < -0.39 is 0 Å². The smallest absolute Gasteiger partial charge is 0.254 e. The molecule has 102 valence electrons. The number of carbonyl (C=O) groups is 1. The van der Waals surface area contributed by atoms with Gasteiger partial charge in [-0.05, 0) is 56.2 Å². The zero-order valence-corrected chi connectivity index (χ0v) is 11.3. The molecule has 2 saturated heterocycles. The Balaban J connectivity index is 1.73. The Kier molecular flexibility index (Phi) is 3.56. The van der Waals surface area contributed by atoms with E-state index in [1.165, 1.54) is 12.8 Å². The van der Waals surface area contributed by atoms with E-state index in [0.29, 0.717) is 12.0 Å². The van der Waals surface area contributed by atoms with Gasteiger partial charge in [-0.2, -0.15) is 0 Å². The summed E-state index contributed by atoms with van der Waals surface area (Å²) in [5.41, 5.74) is 6.52. The summed E-state index contributed by atoms with van der Waals surface area (Å²) in [6.45, 7) is 1.71. The molecule has 3 unspecified atom stereocenters. The maximum Gasteiger partial charge on any atom is 0.254 e. The maximum atomic E-state index is 12.6. The molecule has 1 aliphatic carbocycles. The van der Waals surface area contributed by atoms with Crippen molar-refractivity contribution in [3.05, 3.63) is 35.9 Å². The summed E-state index contributed by atoms with van der Waals surface area (Å²) in [6, 6.07) is 10.1. The van der Waals surface area contributed by atoms with Gasteiger partial charge >= 0.3 is 0 Å². The Labute approximate surface area is 114 Å². The monoisotopic (exact) mass is 258 g/mol. The molecule has 3 fully saturated rings. The van der Waals surface area contributed by atoms with Crippen LogP contribution in [0.15, 0.2) is 30.3 Å². The average molecular weight is 258 g/mol. The molecule has 1 saturated carbocycles. The van der Waals surface area contributed by atoms with Crippen molar-refractivity contribution in [2.24, 2.45) is 17.6 Å². The van der Waals surface area contributed by atoms with Crippen molar-refractivity contribution in [3.8, 4) is 0 Å². The highest BCUT2D eigenvalue weighted by molar-refractivity contribution is 5.94. The third kappa shape index (κ3) is 2.39. The van der Waals surface area contributed by atoms with Crippen LogP contribution in [0.4, 0.5) is 0 Å². The first kappa shape index (κ1) is 12.7. The van der Waals surface area contributed by atoms with Gasteiger partial charge in [0, 0.05) is 18.2 Å². The van der Waals surface area contributed by atoms with E-state index >= 15 is 0 Å². The zero-order valence-electron chi connectivity index (χ0n) is 11.3. The molecule has 3 aliphatic rings. The number of amides is 1. The molecule has 3 nitrogen and oxygen atoms in total. The molecular formula is C16H22N2O. The largest absolute Gasteiger partial charge is 0.335 e. The van der Waals surface area contributed by atoms with E-state index in [0.717, 1.165) is 37.4 Å². The molecule has 1 aromatic carbocycles. The molecule has 2 bridgehead atoms. The minimum Gasteiger partial charge on any atom is -0.335 e. The van der Waals surface area contributed by atoms with Crippen molar-refractivity contribution < 1.29 is 4.79 Å². The van der Waals surface area contributed by atoms with Gasteiger partial charge < -0.3 is 10.6 Å². The van der Waals surface area contributed by atoms with Crippen molar-refractivity contribution in [2.45, 2.75) is 31.7 Å². The summed E-state index contributed by atoms with van der Waals surface area (Å²) in [5, 5.41) is 0. The van der Waals surface area contributed by atoms with Gasteiger partial charge in [0.1, 0.15) is 0 Å². The number of nitrogens with zero attached hydrogens (tertiary/aromatic N) is 1. The van der Waals surface area contributed by atoms with E-state index in [2.05, 4.69) is 4.90 Å². The van der Waals surface area contributed by atoms with E-state index in [1.807, 2.05) is 30.3 Å². The zero-order chi connectivity index (χ0) is 13.2. The van der Waals surface area contributed by atoms with Crippen LogP contribution < -0.4 is 5.73 Å². The van der Waals surface area contributed by atoms with Crippen molar-refractivity contribution in [1.82, 2.24) is 4.90 Å². The number of hydrogen-bond acceptors (Lipinski definition) is 2. The Morgan fingerprint density at radius 2 is 2.05 bits per heavy atom. The summed E-state index contributed by atoms with van der Waals surface area (Å²) in [4.78, 5) is 14.7. The molecule has 1 amide bonds. The van der Waals surface area contributed by atoms with Crippen LogP contribution in [0, 0.1) is 11.8 Å². The fourth-order valence-corrected chi connectivity index (χ4v) is 3.79. The molecular weight excluding hydrogens is 236 g/mol. The van der Waals surface area contributed by atoms with Gasteiger partial charge in [-0.1, -0.05) is 18.2 Å². The van der Waals surface area contributed by atoms with Crippen LogP contribution in [0.5, 0.6) is 0 Å². The number of hydrogen-bond donors (Lipinski definition) is 1. The molecule has 0 spiro atoms. The normalized spacial score (nSPS) is 29.5. The Morgan fingerprint density at radius 1 is 1.26 bits per heavy atom. The van der Waals surface area contributed by atoms with Gasteiger partial charge in [-0.15, -0.1) is 0 Å². The van der Waals surface area contributed by atoms with Crippen LogP contribution in [0.1, 0.15) is 36.0 Å². The van der Waals surface area contributed by atoms with E-state index in [4.69, 9.17) is 5.73 Å². The first-order valence-electron chi connectivity index (χ1n) is 7.35. The summed E-state index contributed by atoms with van der Waals surface area (Å²) < 4.78 is 0. The van der Waals surface area contributed by atoms with Crippen LogP contribution in [0.25, 0.3) is 0 Å². The number of fused-ring (bicyclic) bond motifs is 3. The van der Waals surface area contributed by atoms with Crippen molar-refractivity contribution in [3.63, 3.8) is 0 Å². The second kappa shape index (κ2) is 5.33. The predicted molar refractivity (Wildman–Crippen MR) is 75.8 cm³/mol. The summed E-state index contributed by atoms with van der Waals surface area (Å²) in [7, 11) is 0. The number of piperidine rings is 2. The molecule has 0 radical (unpaired) electrons. The van der Waals surface area contributed by atoms with E-state index in [1.54, 1.807) is 0 Å². The lowest BCUT2D eigenvalue weighted by Crippen LogP contribution is -2.54. The summed E-state index contributed by atoms with van der Waals surface area (Å²) in [6.07, 6.45) is 4.72. The molecule has 3 heteroatoms. The third-order valence-electron chi connectivity index (χ3n) is 4.80. The molecule has 2 heterocycles. The number of rotatable bonds is 3. The third-order valence-corrected chi connectivity index (χ3v) is 4.80. The molecule has 3 atom stereocenters. The number of nitrogens with two attached hydrogens (primary N) is 1. The molecule has 0 aromatic heterocycles. The van der Waals surface area contributed by atoms with Crippen LogP contribution in [-0.4, -0.2) is 29.9 Å². The van der Waals surface area contributed by atoms with Crippen LogP contribution in [-0.2, 0) is 0 Å². The highest BCUT2D eigenvalue weighted by Gasteiger charge is 2.41. The predicted octanol–water partition coefficient (Wildman–Crippen LogP) is 2.28. The highest BCUT2D eigenvalue weighted by Crippen LogP contribution is 2.41. The SMILES string of the molecule is NCCC1CC2CCC1CN2C(=O)c1ccccc1. The fourth-order valence-electron chi connectivity index (χ4n) is 3.79. The van der Waals surface area contributed by atoms with Crippen LogP contribution in [0.3, 0.4) is 0 Å². The van der Waals surface area contributed by atoms with E-state index in [9.17, 15) is 4.79 Å². The summed E-state index contributed by atoms with van der Waals surface area (Å²) in [5.74, 6) is 1.62. The fraction of sp³-hybridized carbons (Fsp3) is 0.562. The lowest BCUT2D eigenvalue weighted by molar-refractivity contribution is 0.00701. The number of benzene rings is 1. The van der Waals surface area contributed by atoms with Gasteiger partial charge in [0.2, 0.25) is 0 Å². The molecule has 1 aromatic rings. The molecule has 4 rings (SSSR count). The molecule has 2 aliphatic heterocycles. The summed E-state index contributed by atoms with van der Waals surface area (Å²) >= 11 is 0.